The quantitative estimate of drug-likeness (QED) is 0.894. The molecule has 2 aromatic carbocycles. The number of halogens is 1. The lowest BCUT2D eigenvalue weighted by molar-refractivity contribution is -0.131. The largest absolute Gasteiger partial charge is 0.337 e. The number of hydrogen-bond acceptors (Lipinski definition) is 2. The Labute approximate surface area is 160 Å². The van der Waals surface area contributed by atoms with Gasteiger partial charge in [-0.3, -0.25) is 4.79 Å². The summed E-state index contributed by atoms with van der Waals surface area (Å²) < 4.78 is 13.8. The highest BCUT2D eigenvalue weighted by atomic mass is 19.1. The molecule has 1 amide bonds. The van der Waals surface area contributed by atoms with Crippen LogP contribution in [0.25, 0.3) is 0 Å². The number of carbonyl (C=O) groups is 1. The van der Waals surface area contributed by atoms with Crippen LogP contribution in [-0.2, 0) is 11.2 Å². The summed E-state index contributed by atoms with van der Waals surface area (Å²) in [4.78, 5) is 15.2. The van der Waals surface area contributed by atoms with E-state index in [0.29, 0.717) is 13.0 Å². The third-order valence-electron chi connectivity index (χ3n) is 5.99. The van der Waals surface area contributed by atoms with E-state index in [2.05, 4.69) is 10.2 Å². The van der Waals surface area contributed by atoms with Crippen LogP contribution in [0.1, 0.15) is 42.7 Å². The molecule has 0 aliphatic carbocycles. The predicted octanol–water partition coefficient (Wildman–Crippen LogP) is 3.90. The molecule has 2 heterocycles. The molecule has 2 fully saturated rings. The van der Waals surface area contributed by atoms with Crippen LogP contribution in [0.4, 0.5) is 4.39 Å². The molecule has 4 heteroatoms. The first-order valence-corrected chi connectivity index (χ1v) is 10.0. The van der Waals surface area contributed by atoms with Crippen LogP contribution in [0.2, 0.25) is 0 Å². The molecule has 0 bridgehead atoms. The first-order chi connectivity index (χ1) is 13.2. The second kappa shape index (κ2) is 8.22. The van der Waals surface area contributed by atoms with Gasteiger partial charge in [0.2, 0.25) is 5.91 Å². The van der Waals surface area contributed by atoms with E-state index in [9.17, 15) is 9.18 Å². The van der Waals surface area contributed by atoms with Gasteiger partial charge in [-0.05, 0) is 42.6 Å². The van der Waals surface area contributed by atoms with Gasteiger partial charge in [0, 0.05) is 24.5 Å². The van der Waals surface area contributed by atoms with Gasteiger partial charge < -0.3 is 10.2 Å². The van der Waals surface area contributed by atoms with E-state index in [1.165, 1.54) is 12.5 Å². The van der Waals surface area contributed by atoms with E-state index < -0.39 is 0 Å². The number of nitrogens with one attached hydrogen (secondary N) is 1. The van der Waals surface area contributed by atoms with E-state index in [4.69, 9.17) is 0 Å². The summed E-state index contributed by atoms with van der Waals surface area (Å²) in [6.45, 7) is 1.63. The molecular weight excluding hydrogens is 339 g/mol. The van der Waals surface area contributed by atoms with E-state index in [-0.39, 0.29) is 29.7 Å². The molecular formula is C23H27FN2O. The summed E-state index contributed by atoms with van der Waals surface area (Å²) in [7, 11) is 0. The van der Waals surface area contributed by atoms with Gasteiger partial charge in [0.05, 0.1) is 6.42 Å². The van der Waals surface area contributed by atoms with Gasteiger partial charge in [-0.25, -0.2) is 4.39 Å². The smallest absolute Gasteiger partial charge is 0.227 e. The number of hydrogen-bond donors (Lipinski definition) is 1. The fourth-order valence-electron chi connectivity index (χ4n) is 4.67. The maximum Gasteiger partial charge on any atom is 0.227 e. The minimum Gasteiger partial charge on any atom is -0.337 e. The second-order valence-corrected chi connectivity index (χ2v) is 7.77. The highest BCUT2D eigenvalue weighted by molar-refractivity contribution is 5.79. The maximum atomic E-state index is 13.8. The molecule has 0 radical (unpaired) electrons. The van der Waals surface area contributed by atoms with Crippen LogP contribution in [0, 0.1) is 5.82 Å². The highest BCUT2D eigenvalue weighted by Gasteiger charge is 2.44. The van der Waals surface area contributed by atoms with Crippen LogP contribution >= 0.6 is 0 Å². The summed E-state index contributed by atoms with van der Waals surface area (Å²) in [5.74, 6) is 0.116. The van der Waals surface area contributed by atoms with Crippen molar-refractivity contribution in [3.8, 4) is 0 Å². The zero-order chi connectivity index (χ0) is 18.6. The maximum absolute atomic E-state index is 13.8. The number of amides is 1. The van der Waals surface area contributed by atoms with Crippen molar-refractivity contribution in [2.75, 3.05) is 13.1 Å². The fraction of sp³-hybridized carbons (Fsp3) is 0.435. The van der Waals surface area contributed by atoms with Crippen molar-refractivity contribution in [3.63, 3.8) is 0 Å². The molecule has 3 nitrogen and oxygen atoms in total. The molecule has 4 rings (SSSR count). The summed E-state index contributed by atoms with van der Waals surface area (Å²) in [5, 5.41) is 3.68. The lowest BCUT2D eigenvalue weighted by Crippen LogP contribution is -2.47. The van der Waals surface area contributed by atoms with Crippen molar-refractivity contribution < 1.29 is 9.18 Å². The van der Waals surface area contributed by atoms with Crippen LogP contribution in [0.3, 0.4) is 0 Å². The average molecular weight is 366 g/mol. The lowest BCUT2D eigenvalue weighted by Gasteiger charge is -2.31. The predicted molar refractivity (Wildman–Crippen MR) is 105 cm³/mol. The molecule has 142 valence electrons. The highest BCUT2D eigenvalue weighted by Crippen LogP contribution is 2.36. The van der Waals surface area contributed by atoms with Gasteiger partial charge in [0.25, 0.3) is 0 Å². The zero-order valence-corrected chi connectivity index (χ0v) is 15.6. The third-order valence-corrected chi connectivity index (χ3v) is 5.99. The molecule has 3 atom stereocenters. The van der Waals surface area contributed by atoms with Crippen molar-refractivity contribution in [1.29, 1.82) is 0 Å². The standard InChI is InChI=1S/C23H27FN2O/c24-19-11-7-10-18(15-19)20-16-26(21-12-5-2-6-13-25-23(20)21)22(27)14-17-8-3-1-4-9-17/h1,3-4,7-11,15,20-21,23,25H,2,5-6,12-14,16H2/t20-,21+,23-/m0/s1. The molecule has 0 unspecified atom stereocenters. The number of rotatable bonds is 3. The first-order valence-electron chi connectivity index (χ1n) is 10.0. The van der Waals surface area contributed by atoms with Gasteiger partial charge in [-0.2, -0.15) is 0 Å². The molecule has 2 saturated heterocycles. The molecule has 0 spiro atoms. The van der Waals surface area contributed by atoms with E-state index in [1.807, 2.05) is 36.4 Å². The zero-order valence-electron chi connectivity index (χ0n) is 15.6. The Morgan fingerprint density at radius 1 is 1.07 bits per heavy atom. The van der Waals surface area contributed by atoms with Crippen LogP contribution < -0.4 is 5.32 Å². The van der Waals surface area contributed by atoms with E-state index in [1.54, 1.807) is 12.1 Å². The van der Waals surface area contributed by atoms with E-state index >= 15 is 0 Å². The Hall–Kier alpha value is -2.20. The first kappa shape index (κ1) is 18.2. The topological polar surface area (TPSA) is 32.3 Å². The summed E-state index contributed by atoms with van der Waals surface area (Å²) in [5.41, 5.74) is 2.04. The summed E-state index contributed by atoms with van der Waals surface area (Å²) >= 11 is 0. The minimum atomic E-state index is -0.205. The lowest BCUT2D eigenvalue weighted by atomic mass is 9.88. The average Bonchev–Trinajstić information content (AvgIpc) is 3.00. The van der Waals surface area contributed by atoms with Crippen molar-refractivity contribution in [2.24, 2.45) is 0 Å². The van der Waals surface area contributed by atoms with Gasteiger partial charge in [0.15, 0.2) is 0 Å². The Bertz CT molecular complexity index is 779. The molecule has 2 aliphatic rings. The molecule has 0 aromatic heterocycles. The number of likely N-dealkylation sites (tertiary alicyclic amines) is 1. The molecule has 2 aromatic rings. The van der Waals surface area contributed by atoms with Gasteiger partial charge in [-0.15, -0.1) is 0 Å². The van der Waals surface area contributed by atoms with Crippen molar-refractivity contribution in [1.82, 2.24) is 10.2 Å². The SMILES string of the molecule is O=C(Cc1ccccc1)N1C[C@@H](c2cccc(F)c2)[C@@H]2NCCCCC[C@H]21. The Morgan fingerprint density at radius 3 is 2.74 bits per heavy atom. The van der Waals surface area contributed by atoms with Crippen molar-refractivity contribution in [2.45, 2.75) is 50.1 Å². The fourth-order valence-corrected chi connectivity index (χ4v) is 4.67. The minimum absolute atomic E-state index is 0.142. The number of fused-ring (bicyclic) bond motifs is 1. The molecule has 1 N–H and O–H groups in total. The van der Waals surface area contributed by atoms with Crippen molar-refractivity contribution >= 4 is 5.91 Å². The monoisotopic (exact) mass is 366 g/mol. The number of benzene rings is 2. The van der Waals surface area contributed by atoms with Crippen LogP contribution in [0.15, 0.2) is 54.6 Å². The van der Waals surface area contributed by atoms with E-state index in [0.717, 1.165) is 36.9 Å². The normalized spacial score (nSPS) is 25.5. The molecule has 2 aliphatic heterocycles. The van der Waals surface area contributed by atoms with Crippen LogP contribution in [-0.4, -0.2) is 36.0 Å². The number of nitrogens with zero attached hydrogens (tertiary/aromatic N) is 1. The van der Waals surface area contributed by atoms with Gasteiger partial charge >= 0.3 is 0 Å². The Balaban J connectivity index is 1.59. The van der Waals surface area contributed by atoms with Gasteiger partial charge in [-0.1, -0.05) is 55.3 Å². The Morgan fingerprint density at radius 2 is 1.93 bits per heavy atom. The Kier molecular flexibility index (Phi) is 5.53. The second-order valence-electron chi connectivity index (χ2n) is 7.77. The summed E-state index contributed by atoms with van der Waals surface area (Å²) in [6.07, 6.45) is 4.95. The van der Waals surface area contributed by atoms with Gasteiger partial charge in [0.1, 0.15) is 5.82 Å². The van der Waals surface area contributed by atoms with Crippen molar-refractivity contribution in [3.05, 3.63) is 71.5 Å². The third kappa shape index (κ3) is 4.06. The number of carbonyl (C=O) groups excluding carboxylic acids is 1. The summed E-state index contributed by atoms with van der Waals surface area (Å²) in [6, 6.07) is 17.2. The van der Waals surface area contributed by atoms with Crippen LogP contribution in [0.5, 0.6) is 0 Å². The molecule has 27 heavy (non-hydrogen) atoms. The molecule has 0 saturated carbocycles.